The van der Waals surface area contributed by atoms with Gasteiger partial charge in [-0.3, -0.25) is 0 Å². The van der Waals surface area contributed by atoms with Crippen LogP contribution in [0.1, 0.15) is 37.3 Å². The molecule has 2 amide bonds. The first-order valence-corrected chi connectivity index (χ1v) is 12.1. The Kier molecular flexibility index (Phi) is 7.85. The third-order valence-corrected chi connectivity index (χ3v) is 5.95. The molecule has 1 atom stereocenters. The quantitative estimate of drug-likeness (QED) is 0.469. The third kappa shape index (κ3) is 5.78. The molecule has 1 aliphatic heterocycles. The van der Waals surface area contributed by atoms with Gasteiger partial charge in [0.1, 0.15) is 11.4 Å². The molecule has 2 aromatic carbocycles. The van der Waals surface area contributed by atoms with Gasteiger partial charge in [-0.05, 0) is 43.9 Å². The van der Waals surface area contributed by atoms with E-state index in [9.17, 15) is 4.79 Å². The van der Waals surface area contributed by atoms with Crippen LogP contribution < -0.4 is 10.1 Å². The number of hydrogen-bond acceptors (Lipinski definition) is 4. The van der Waals surface area contributed by atoms with E-state index in [0.29, 0.717) is 25.5 Å². The van der Waals surface area contributed by atoms with Crippen molar-refractivity contribution in [2.75, 3.05) is 19.7 Å². The minimum absolute atomic E-state index is 0.0466. The van der Waals surface area contributed by atoms with Crippen molar-refractivity contribution in [2.45, 2.75) is 45.8 Å². The molecule has 7 heteroatoms. The molecule has 0 spiro atoms. The molecule has 34 heavy (non-hydrogen) atoms. The summed E-state index contributed by atoms with van der Waals surface area (Å²) in [7, 11) is 1.88. The molecular formula is C27H34N4O3. The number of urea groups is 1. The number of rotatable bonds is 9. The number of nitrogens with one attached hydrogen (secondary N) is 1. The first kappa shape index (κ1) is 23.8. The Morgan fingerprint density at radius 2 is 2.06 bits per heavy atom. The number of ether oxygens (including phenoxy) is 2. The lowest BCUT2D eigenvalue weighted by molar-refractivity contribution is 0.0793. The van der Waals surface area contributed by atoms with Crippen molar-refractivity contribution in [2.24, 2.45) is 7.05 Å². The Bertz CT molecular complexity index is 1090. The molecule has 0 unspecified atom stereocenters. The summed E-state index contributed by atoms with van der Waals surface area (Å²) in [5.74, 6) is 1.37. The normalized spacial score (nSPS) is 15.3. The van der Waals surface area contributed by atoms with Gasteiger partial charge in [0.15, 0.2) is 0 Å². The topological polar surface area (TPSA) is 68.6 Å². The lowest BCUT2D eigenvalue weighted by Crippen LogP contribution is -2.43. The van der Waals surface area contributed by atoms with Crippen molar-refractivity contribution >= 4 is 6.03 Å². The van der Waals surface area contributed by atoms with Crippen LogP contribution in [0.4, 0.5) is 4.79 Å². The fourth-order valence-electron chi connectivity index (χ4n) is 4.23. The van der Waals surface area contributed by atoms with Gasteiger partial charge in [0, 0.05) is 32.3 Å². The molecule has 2 heterocycles. The van der Waals surface area contributed by atoms with Gasteiger partial charge in [0.25, 0.3) is 0 Å². The van der Waals surface area contributed by atoms with Crippen LogP contribution in [0.5, 0.6) is 11.6 Å². The van der Waals surface area contributed by atoms with Crippen LogP contribution in [0.2, 0.25) is 0 Å². The average molecular weight is 463 g/mol. The molecule has 180 valence electrons. The lowest BCUT2D eigenvalue weighted by atomic mass is 10.1. The summed E-state index contributed by atoms with van der Waals surface area (Å²) in [6, 6.07) is 17.9. The van der Waals surface area contributed by atoms with Crippen molar-refractivity contribution in [3.8, 4) is 22.9 Å². The number of aryl methyl sites for hydroxylation is 2. The van der Waals surface area contributed by atoms with E-state index in [4.69, 9.17) is 14.6 Å². The molecule has 4 rings (SSSR count). The van der Waals surface area contributed by atoms with Crippen molar-refractivity contribution < 1.29 is 14.3 Å². The van der Waals surface area contributed by atoms with Gasteiger partial charge in [-0.2, -0.15) is 5.10 Å². The number of benzene rings is 2. The largest absolute Gasteiger partial charge is 0.439 e. The van der Waals surface area contributed by atoms with E-state index in [1.807, 2.05) is 80.4 Å². The van der Waals surface area contributed by atoms with Crippen LogP contribution in [0.3, 0.4) is 0 Å². The fourth-order valence-corrected chi connectivity index (χ4v) is 4.23. The summed E-state index contributed by atoms with van der Waals surface area (Å²) < 4.78 is 14.0. The zero-order valence-electron chi connectivity index (χ0n) is 20.3. The van der Waals surface area contributed by atoms with Gasteiger partial charge >= 0.3 is 6.03 Å². The van der Waals surface area contributed by atoms with Gasteiger partial charge in [-0.25, -0.2) is 9.48 Å². The molecule has 0 bridgehead atoms. The molecule has 1 N–H and O–H groups in total. The molecule has 1 aliphatic rings. The Balaban J connectivity index is 1.71. The third-order valence-electron chi connectivity index (χ3n) is 5.95. The molecule has 3 aromatic rings. The monoisotopic (exact) mass is 462 g/mol. The predicted octanol–water partition coefficient (Wildman–Crippen LogP) is 5.29. The van der Waals surface area contributed by atoms with Crippen molar-refractivity contribution in [3.05, 3.63) is 65.7 Å². The van der Waals surface area contributed by atoms with Gasteiger partial charge in [-0.15, -0.1) is 0 Å². The van der Waals surface area contributed by atoms with Crippen LogP contribution in [0.25, 0.3) is 11.3 Å². The van der Waals surface area contributed by atoms with Crippen LogP contribution in [0.15, 0.2) is 54.6 Å². The number of hydrogen-bond donors (Lipinski definition) is 1. The predicted molar refractivity (Wildman–Crippen MR) is 133 cm³/mol. The summed E-state index contributed by atoms with van der Waals surface area (Å²) in [6.45, 7) is 6.36. The highest BCUT2D eigenvalue weighted by atomic mass is 16.5. The summed E-state index contributed by atoms with van der Waals surface area (Å²) >= 11 is 0. The van der Waals surface area contributed by atoms with Gasteiger partial charge < -0.3 is 19.7 Å². The number of carbonyl (C=O) groups is 1. The van der Waals surface area contributed by atoms with Crippen LogP contribution in [0, 0.1) is 6.92 Å². The average Bonchev–Trinajstić information content (AvgIpc) is 3.46. The van der Waals surface area contributed by atoms with Gasteiger partial charge in [0.2, 0.25) is 5.88 Å². The first-order chi connectivity index (χ1) is 16.5. The molecule has 7 nitrogen and oxygen atoms in total. The van der Waals surface area contributed by atoms with E-state index in [1.165, 1.54) is 0 Å². The summed E-state index contributed by atoms with van der Waals surface area (Å²) in [5, 5.41) is 7.84. The van der Waals surface area contributed by atoms with E-state index >= 15 is 0 Å². The molecule has 0 saturated carbocycles. The Labute approximate surface area is 201 Å². The molecule has 1 saturated heterocycles. The Morgan fingerprint density at radius 3 is 2.76 bits per heavy atom. The molecule has 0 aliphatic carbocycles. The number of amides is 2. The van der Waals surface area contributed by atoms with Crippen LogP contribution >= 0.6 is 0 Å². The van der Waals surface area contributed by atoms with Crippen molar-refractivity contribution in [1.82, 2.24) is 20.0 Å². The minimum Gasteiger partial charge on any atom is -0.439 e. The molecule has 0 radical (unpaired) electrons. The van der Waals surface area contributed by atoms with E-state index in [-0.39, 0.29) is 12.1 Å². The van der Waals surface area contributed by atoms with E-state index in [0.717, 1.165) is 54.0 Å². The Morgan fingerprint density at radius 1 is 1.24 bits per heavy atom. The smallest absolute Gasteiger partial charge is 0.317 e. The lowest BCUT2D eigenvalue weighted by Gasteiger charge is -2.26. The van der Waals surface area contributed by atoms with E-state index < -0.39 is 0 Å². The van der Waals surface area contributed by atoms with E-state index in [1.54, 1.807) is 4.68 Å². The zero-order valence-corrected chi connectivity index (χ0v) is 20.3. The minimum atomic E-state index is -0.0956. The van der Waals surface area contributed by atoms with Gasteiger partial charge in [0.05, 0.1) is 18.2 Å². The number of nitrogens with zero attached hydrogens (tertiary/aromatic N) is 3. The first-order valence-electron chi connectivity index (χ1n) is 12.1. The maximum Gasteiger partial charge on any atom is 0.317 e. The second kappa shape index (κ2) is 11.2. The maximum absolute atomic E-state index is 13.2. The molecule has 1 aromatic heterocycles. The Hall–Kier alpha value is -3.32. The fraction of sp³-hybridized carbons (Fsp3) is 0.407. The SMILES string of the molecule is CCCNC(=O)N(Cc1c(-c2ccccc2)nn(C)c1Oc1cccc(C)c1)C[C@@H]1CCCO1. The van der Waals surface area contributed by atoms with E-state index in [2.05, 4.69) is 5.32 Å². The standard InChI is InChI=1S/C27H34N4O3/c1-4-15-28-27(32)31(18-23-14-9-16-33-23)19-24-25(21-11-6-5-7-12-21)29-30(3)26(24)34-22-13-8-10-20(2)17-22/h5-8,10-13,17,23H,4,9,14-16,18-19H2,1-3H3,(H,28,32)/t23-/m0/s1. The second-order valence-corrected chi connectivity index (χ2v) is 8.79. The van der Waals surface area contributed by atoms with Crippen molar-refractivity contribution in [3.63, 3.8) is 0 Å². The van der Waals surface area contributed by atoms with Crippen molar-refractivity contribution in [1.29, 1.82) is 0 Å². The summed E-state index contributed by atoms with van der Waals surface area (Å²) in [6.07, 6.45) is 2.91. The number of aromatic nitrogens is 2. The van der Waals surface area contributed by atoms with Crippen LogP contribution in [-0.2, 0) is 18.3 Å². The highest BCUT2D eigenvalue weighted by molar-refractivity contribution is 5.75. The summed E-state index contributed by atoms with van der Waals surface area (Å²) in [4.78, 5) is 15.0. The molecule has 1 fully saturated rings. The van der Waals surface area contributed by atoms with Crippen LogP contribution in [-0.4, -0.2) is 46.5 Å². The highest BCUT2D eigenvalue weighted by Gasteiger charge is 2.27. The maximum atomic E-state index is 13.2. The summed E-state index contributed by atoms with van der Waals surface area (Å²) in [5.41, 5.74) is 3.79. The second-order valence-electron chi connectivity index (χ2n) is 8.79. The highest BCUT2D eigenvalue weighted by Crippen LogP contribution is 2.34. The molecular weight excluding hydrogens is 428 g/mol. The number of carbonyl (C=O) groups excluding carboxylic acids is 1. The zero-order chi connectivity index (χ0) is 23.9. The van der Waals surface area contributed by atoms with Gasteiger partial charge in [-0.1, -0.05) is 49.4 Å².